The van der Waals surface area contributed by atoms with Crippen molar-refractivity contribution >= 4 is 23.7 Å². The first kappa shape index (κ1) is 14.3. The summed E-state index contributed by atoms with van der Waals surface area (Å²) in [5, 5.41) is 0.719. The Kier molecular flexibility index (Phi) is 4.46. The molecule has 2 heterocycles. The fourth-order valence-electron chi connectivity index (χ4n) is 1.97. The van der Waals surface area contributed by atoms with Gasteiger partial charge in [-0.15, -0.1) is 0 Å². The summed E-state index contributed by atoms with van der Waals surface area (Å²) >= 11 is 1.62. The second-order valence-electron chi connectivity index (χ2n) is 5.65. The Labute approximate surface area is 118 Å². The van der Waals surface area contributed by atoms with Crippen molar-refractivity contribution in [2.24, 2.45) is 5.84 Å². The zero-order valence-electron chi connectivity index (χ0n) is 11.8. The topological polar surface area (TPSA) is 80.0 Å². The van der Waals surface area contributed by atoms with Crippen molar-refractivity contribution in [1.29, 1.82) is 0 Å². The minimum absolute atomic E-state index is 0.0619. The molecule has 0 amide bonds. The van der Waals surface area contributed by atoms with Crippen LogP contribution in [0.4, 0.5) is 11.9 Å². The molecule has 0 aromatic carbocycles. The van der Waals surface area contributed by atoms with Crippen molar-refractivity contribution in [1.82, 2.24) is 15.0 Å². The van der Waals surface area contributed by atoms with E-state index in [4.69, 9.17) is 5.84 Å². The van der Waals surface area contributed by atoms with Gasteiger partial charge in [0, 0.05) is 17.8 Å². The molecule has 0 radical (unpaired) electrons. The number of nitrogens with one attached hydrogen (secondary N) is 1. The Bertz CT molecular complexity index is 425. The maximum atomic E-state index is 5.45. The van der Waals surface area contributed by atoms with Crippen LogP contribution in [0.15, 0.2) is 5.16 Å². The van der Waals surface area contributed by atoms with Crippen molar-refractivity contribution in [2.75, 3.05) is 23.4 Å². The van der Waals surface area contributed by atoms with Crippen LogP contribution in [-0.4, -0.2) is 32.8 Å². The van der Waals surface area contributed by atoms with E-state index in [0.717, 1.165) is 24.2 Å². The number of hydrazine groups is 1. The van der Waals surface area contributed by atoms with Gasteiger partial charge in [-0.25, -0.2) is 5.84 Å². The molecular weight excluding hydrogens is 260 g/mol. The summed E-state index contributed by atoms with van der Waals surface area (Å²) in [7, 11) is 0. The van der Waals surface area contributed by atoms with Gasteiger partial charge in [0.05, 0.1) is 0 Å². The van der Waals surface area contributed by atoms with E-state index in [1.807, 2.05) is 0 Å². The Hall–Kier alpha value is -1.08. The minimum atomic E-state index is 0.0619. The van der Waals surface area contributed by atoms with Crippen LogP contribution in [0, 0.1) is 0 Å². The third-order valence-corrected chi connectivity index (χ3v) is 3.75. The van der Waals surface area contributed by atoms with Gasteiger partial charge in [-0.05, 0) is 19.3 Å². The van der Waals surface area contributed by atoms with Gasteiger partial charge < -0.3 is 4.90 Å². The fraction of sp³-hybridized carbons (Fsp3) is 0.750. The number of piperidine rings is 1. The highest BCUT2D eigenvalue weighted by molar-refractivity contribution is 8.00. The number of aromatic nitrogens is 3. The van der Waals surface area contributed by atoms with Crippen LogP contribution >= 0.6 is 11.8 Å². The highest BCUT2D eigenvalue weighted by Gasteiger charge is 2.19. The van der Waals surface area contributed by atoms with Gasteiger partial charge >= 0.3 is 0 Å². The van der Waals surface area contributed by atoms with Crippen molar-refractivity contribution in [3.8, 4) is 0 Å². The number of thioether (sulfide) groups is 1. The number of nitrogen functional groups attached to an aromatic ring is 1. The largest absolute Gasteiger partial charge is 0.341 e. The molecule has 1 saturated heterocycles. The summed E-state index contributed by atoms with van der Waals surface area (Å²) in [6, 6.07) is 0. The average molecular weight is 282 g/mol. The van der Waals surface area contributed by atoms with Crippen LogP contribution in [0.1, 0.15) is 40.0 Å². The Morgan fingerprint density at radius 3 is 2.37 bits per heavy atom. The Morgan fingerprint density at radius 2 is 1.79 bits per heavy atom. The second-order valence-corrected chi connectivity index (χ2v) is 7.44. The van der Waals surface area contributed by atoms with Gasteiger partial charge in [0.2, 0.25) is 11.9 Å². The van der Waals surface area contributed by atoms with E-state index in [-0.39, 0.29) is 4.75 Å². The van der Waals surface area contributed by atoms with Crippen LogP contribution in [-0.2, 0) is 0 Å². The predicted molar refractivity (Wildman–Crippen MR) is 79.3 cm³/mol. The predicted octanol–water partition coefficient (Wildman–Crippen LogP) is 2.04. The van der Waals surface area contributed by atoms with Crippen LogP contribution in [0.2, 0.25) is 0 Å². The zero-order chi connectivity index (χ0) is 13.9. The number of hydrogen-bond acceptors (Lipinski definition) is 7. The van der Waals surface area contributed by atoms with Gasteiger partial charge in [0.1, 0.15) is 0 Å². The molecule has 0 bridgehead atoms. The van der Waals surface area contributed by atoms with E-state index < -0.39 is 0 Å². The number of hydrogen-bond donors (Lipinski definition) is 2. The third kappa shape index (κ3) is 4.21. The van der Waals surface area contributed by atoms with Gasteiger partial charge in [-0.1, -0.05) is 32.5 Å². The lowest BCUT2D eigenvalue weighted by atomic mass is 10.1. The molecule has 1 aromatic heterocycles. The van der Waals surface area contributed by atoms with Gasteiger partial charge in [0.25, 0.3) is 0 Å². The molecule has 0 spiro atoms. The number of rotatable bonds is 3. The molecule has 1 fully saturated rings. The highest BCUT2D eigenvalue weighted by atomic mass is 32.2. The van der Waals surface area contributed by atoms with Crippen LogP contribution in [0.5, 0.6) is 0 Å². The highest BCUT2D eigenvalue weighted by Crippen LogP contribution is 2.30. The summed E-state index contributed by atoms with van der Waals surface area (Å²) in [6.07, 6.45) is 3.67. The Balaban J connectivity index is 2.24. The van der Waals surface area contributed by atoms with E-state index in [0.29, 0.717) is 5.95 Å². The molecule has 0 unspecified atom stereocenters. The first-order valence-electron chi connectivity index (χ1n) is 6.64. The molecule has 2 rings (SSSR count). The molecule has 1 aliphatic rings. The standard InChI is InChI=1S/C12H22N6S/c1-12(2,3)19-11-15-9(17-13)14-10(16-11)18-7-5-4-6-8-18/h4-8,13H2,1-3H3,(H,14,15,16,17). The maximum absolute atomic E-state index is 5.45. The van der Waals surface area contributed by atoms with Crippen LogP contribution < -0.4 is 16.2 Å². The molecule has 6 nitrogen and oxygen atoms in total. The van der Waals surface area contributed by atoms with Gasteiger partial charge in [-0.3, -0.25) is 5.43 Å². The third-order valence-electron chi connectivity index (χ3n) is 2.77. The molecule has 106 valence electrons. The van der Waals surface area contributed by atoms with Crippen molar-refractivity contribution < 1.29 is 0 Å². The first-order chi connectivity index (χ1) is 8.98. The van der Waals surface area contributed by atoms with E-state index >= 15 is 0 Å². The zero-order valence-corrected chi connectivity index (χ0v) is 12.6. The molecule has 0 aliphatic carbocycles. The quantitative estimate of drug-likeness (QED) is 0.499. The minimum Gasteiger partial charge on any atom is -0.341 e. The van der Waals surface area contributed by atoms with Crippen molar-refractivity contribution in [3.05, 3.63) is 0 Å². The summed E-state index contributed by atoms with van der Waals surface area (Å²) in [4.78, 5) is 15.4. The summed E-state index contributed by atoms with van der Waals surface area (Å²) < 4.78 is 0.0619. The van der Waals surface area contributed by atoms with Crippen molar-refractivity contribution in [2.45, 2.75) is 49.9 Å². The number of anilines is 2. The molecule has 0 saturated carbocycles. The van der Waals surface area contributed by atoms with Crippen LogP contribution in [0.3, 0.4) is 0 Å². The van der Waals surface area contributed by atoms with E-state index in [1.165, 1.54) is 19.3 Å². The van der Waals surface area contributed by atoms with E-state index in [1.54, 1.807) is 11.8 Å². The number of nitrogens with two attached hydrogens (primary N) is 1. The van der Waals surface area contributed by atoms with Gasteiger partial charge in [-0.2, -0.15) is 15.0 Å². The second kappa shape index (κ2) is 5.92. The Morgan fingerprint density at radius 1 is 1.11 bits per heavy atom. The van der Waals surface area contributed by atoms with E-state index in [2.05, 4.69) is 46.0 Å². The smallest absolute Gasteiger partial charge is 0.242 e. The molecule has 0 atom stereocenters. The molecule has 7 heteroatoms. The molecule has 3 N–H and O–H groups in total. The first-order valence-corrected chi connectivity index (χ1v) is 7.46. The van der Waals surface area contributed by atoms with Gasteiger partial charge in [0.15, 0.2) is 5.16 Å². The average Bonchev–Trinajstić information content (AvgIpc) is 2.37. The van der Waals surface area contributed by atoms with Crippen LogP contribution in [0.25, 0.3) is 0 Å². The molecular formula is C12H22N6S. The lowest BCUT2D eigenvalue weighted by Gasteiger charge is -2.27. The lowest BCUT2D eigenvalue weighted by molar-refractivity contribution is 0.564. The maximum Gasteiger partial charge on any atom is 0.242 e. The number of nitrogens with zero attached hydrogens (tertiary/aromatic N) is 4. The summed E-state index contributed by atoms with van der Waals surface area (Å²) in [5.74, 6) is 6.61. The summed E-state index contributed by atoms with van der Waals surface area (Å²) in [6.45, 7) is 8.42. The lowest BCUT2D eigenvalue weighted by Crippen LogP contribution is -2.31. The molecule has 1 aliphatic heterocycles. The molecule has 1 aromatic rings. The summed E-state index contributed by atoms with van der Waals surface area (Å²) in [5.41, 5.74) is 2.53. The fourth-order valence-corrected chi connectivity index (χ4v) is 2.77. The normalized spacial score (nSPS) is 16.5. The molecule has 19 heavy (non-hydrogen) atoms. The monoisotopic (exact) mass is 282 g/mol. The SMILES string of the molecule is CC(C)(C)Sc1nc(NN)nc(N2CCCCC2)n1. The van der Waals surface area contributed by atoms with Crippen molar-refractivity contribution in [3.63, 3.8) is 0 Å². The van der Waals surface area contributed by atoms with E-state index in [9.17, 15) is 0 Å².